The molecule has 0 atom stereocenters. The van der Waals surface area contributed by atoms with E-state index in [4.69, 9.17) is 0 Å². The van der Waals surface area contributed by atoms with Crippen molar-refractivity contribution in [1.82, 2.24) is 19.6 Å². The molecule has 1 N–H and O–H groups in total. The molecule has 3 rings (SSSR count). The summed E-state index contributed by atoms with van der Waals surface area (Å²) in [5, 5.41) is 4.45. The van der Waals surface area contributed by atoms with Gasteiger partial charge in [-0.15, -0.1) is 0 Å². The predicted octanol–water partition coefficient (Wildman–Crippen LogP) is 2.57. The molecule has 1 aromatic carbocycles. The lowest BCUT2D eigenvalue weighted by Crippen LogP contribution is -2.52. The summed E-state index contributed by atoms with van der Waals surface area (Å²) in [6, 6.07) is 6.81. The smallest absolute Gasteiger partial charge is 0.205 e. The Balaban J connectivity index is 1.42. The van der Waals surface area contributed by atoms with Gasteiger partial charge in [0.25, 0.3) is 0 Å². The van der Waals surface area contributed by atoms with Crippen LogP contribution in [0.15, 0.2) is 29.3 Å². The second-order valence-electron chi connectivity index (χ2n) is 6.53. The van der Waals surface area contributed by atoms with Gasteiger partial charge < -0.3 is 15.1 Å². The summed E-state index contributed by atoms with van der Waals surface area (Å²) >= 11 is 1.49. The zero-order valence-corrected chi connectivity index (χ0v) is 16.8. The molecule has 0 bridgehead atoms. The van der Waals surface area contributed by atoms with Crippen molar-refractivity contribution in [1.29, 1.82) is 0 Å². The molecule has 2 heterocycles. The molecule has 1 saturated heterocycles. The normalized spacial score (nSPS) is 15.3. The Morgan fingerprint density at radius 3 is 2.78 bits per heavy atom. The van der Waals surface area contributed by atoms with Crippen molar-refractivity contribution in [3.8, 4) is 0 Å². The fourth-order valence-electron chi connectivity index (χ4n) is 3.14. The second kappa shape index (κ2) is 9.64. The van der Waals surface area contributed by atoms with E-state index in [1.54, 1.807) is 12.1 Å². The van der Waals surface area contributed by atoms with Crippen LogP contribution in [0.3, 0.4) is 0 Å². The molecule has 27 heavy (non-hydrogen) atoms. The molecular formula is C19H27FN6S. The molecule has 0 aliphatic carbocycles. The third-order valence-electron chi connectivity index (χ3n) is 4.65. The Morgan fingerprint density at radius 2 is 2.11 bits per heavy atom. The van der Waals surface area contributed by atoms with Gasteiger partial charge in [0.15, 0.2) is 5.96 Å². The third-order valence-corrected chi connectivity index (χ3v) is 5.46. The first kappa shape index (κ1) is 19.5. The van der Waals surface area contributed by atoms with Crippen LogP contribution < -0.4 is 10.2 Å². The first-order valence-corrected chi connectivity index (χ1v) is 10.2. The number of nitrogens with one attached hydrogen (secondary N) is 1. The van der Waals surface area contributed by atoms with E-state index in [0.29, 0.717) is 0 Å². The van der Waals surface area contributed by atoms with E-state index in [2.05, 4.69) is 36.4 Å². The predicted molar refractivity (Wildman–Crippen MR) is 109 cm³/mol. The van der Waals surface area contributed by atoms with E-state index >= 15 is 0 Å². The van der Waals surface area contributed by atoms with Gasteiger partial charge in [-0.25, -0.2) is 9.37 Å². The van der Waals surface area contributed by atoms with Gasteiger partial charge in [-0.3, -0.25) is 4.99 Å². The Hall–Kier alpha value is -2.22. The highest BCUT2D eigenvalue weighted by Crippen LogP contribution is 2.19. The summed E-state index contributed by atoms with van der Waals surface area (Å²) < 4.78 is 17.6. The van der Waals surface area contributed by atoms with Crippen molar-refractivity contribution in [3.63, 3.8) is 0 Å². The standard InChI is InChI=1S/C19H27FN6S/c1-3-17-23-19(27-24-17)26-12-10-25(11-13-26)18(21-2)22-9-5-7-15-6-4-8-16(20)14-15/h4,6,8,14H,3,5,7,9-13H2,1-2H3,(H,21,22). The van der Waals surface area contributed by atoms with Crippen LogP contribution in [-0.2, 0) is 12.8 Å². The summed E-state index contributed by atoms with van der Waals surface area (Å²) in [6.07, 6.45) is 2.67. The molecule has 1 aliphatic rings. The van der Waals surface area contributed by atoms with Crippen LogP contribution in [0.2, 0.25) is 0 Å². The third kappa shape index (κ3) is 5.38. The summed E-state index contributed by atoms with van der Waals surface area (Å²) in [6.45, 7) is 6.55. The lowest BCUT2D eigenvalue weighted by Gasteiger charge is -2.36. The minimum absolute atomic E-state index is 0.171. The van der Waals surface area contributed by atoms with E-state index < -0.39 is 0 Å². The van der Waals surface area contributed by atoms with Gasteiger partial charge >= 0.3 is 0 Å². The number of aryl methyl sites for hydroxylation is 2. The van der Waals surface area contributed by atoms with Crippen LogP contribution in [-0.4, -0.2) is 60.0 Å². The average molecular weight is 391 g/mol. The zero-order valence-electron chi connectivity index (χ0n) is 16.0. The van der Waals surface area contributed by atoms with Gasteiger partial charge in [-0.2, -0.15) is 4.37 Å². The quantitative estimate of drug-likeness (QED) is 0.467. The zero-order chi connectivity index (χ0) is 19.1. The number of halogens is 1. The maximum Gasteiger partial charge on any atom is 0.205 e. The molecule has 1 aromatic heterocycles. The van der Waals surface area contributed by atoms with Crippen molar-refractivity contribution in [2.24, 2.45) is 4.99 Å². The molecule has 8 heteroatoms. The Labute approximate surface area is 164 Å². The SMILES string of the molecule is CCc1nsc(N2CCN(C(=NC)NCCCc3cccc(F)c3)CC2)n1. The van der Waals surface area contributed by atoms with Crippen LogP contribution >= 0.6 is 11.5 Å². The minimum atomic E-state index is -0.171. The molecule has 2 aromatic rings. The highest BCUT2D eigenvalue weighted by molar-refractivity contribution is 7.09. The van der Waals surface area contributed by atoms with E-state index in [-0.39, 0.29) is 5.82 Å². The topological polar surface area (TPSA) is 56.7 Å². The maximum atomic E-state index is 13.2. The molecule has 146 valence electrons. The van der Waals surface area contributed by atoms with Crippen LogP contribution in [0.1, 0.15) is 24.7 Å². The van der Waals surface area contributed by atoms with Crippen LogP contribution in [0, 0.1) is 5.82 Å². The number of nitrogens with zero attached hydrogens (tertiary/aromatic N) is 5. The molecule has 1 fully saturated rings. The van der Waals surface area contributed by atoms with Crippen molar-refractivity contribution in [2.45, 2.75) is 26.2 Å². The minimum Gasteiger partial charge on any atom is -0.356 e. The maximum absolute atomic E-state index is 13.2. The van der Waals surface area contributed by atoms with Crippen molar-refractivity contribution in [2.75, 3.05) is 44.7 Å². The lowest BCUT2D eigenvalue weighted by atomic mass is 10.1. The number of hydrogen-bond donors (Lipinski definition) is 1. The van der Waals surface area contributed by atoms with Gasteiger partial charge in [0.05, 0.1) is 0 Å². The van der Waals surface area contributed by atoms with Gasteiger partial charge in [0, 0.05) is 57.7 Å². The van der Waals surface area contributed by atoms with Gasteiger partial charge in [-0.05, 0) is 30.5 Å². The van der Waals surface area contributed by atoms with Gasteiger partial charge in [-0.1, -0.05) is 19.1 Å². The number of rotatable bonds is 6. The Morgan fingerprint density at radius 1 is 1.30 bits per heavy atom. The molecular weight excluding hydrogens is 363 g/mol. The fraction of sp³-hybridized carbons (Fsp3) is 0.526. The van der Waals surface area contributed by atoms with E-state index in [1.807, 2.05) is 13.1 Å². The molecule has 0 spiro atoms. The number of piperazine rings is 1. The first-order chi connectivity index (χ1) is 13.2. The molecule has 0 unspecified atom stereocenters. The van der Waals surface area contributed by atoms with Gasteiger partial charge in [0.2, 0.25) is 5.13 Å². The fourth-order valence-corrected chi connectivity index (χ4v) is 3.94. The summed E-state index contributed by atoms with van der Waals surface area (Å²) in [5.41, 5.74) is 1.03. The number of aromatic nitrogens is 2. The first-order valence-electron chi connectivity index (χ1n) is 9.47. The molecule has 0 saturated carbocycles. The van der Waals surface area contributed by atoms with E-state index in [0.717, 1.165) is 74.5 Å². The number of anilines is 1. The number of guanidine groups is 1. The Bertz CT molecular complexity index is 754. The second-order valence-corrected chi connectivity index (χ2v) is 7.26. The molecule has 1 aliphatic heterocycles. The highest BCUT2D eigenvalue weighted by atomic mass is 32.1. The lowest BCUT2D eigenvalue weighted by molar-refractivity contribution is 0.372. The summed E-state index contributed by atoms with van der Waals surface area (Å²) in [4.78, 5) is 13.6. The van der Waals surface area contributed by atoms with E-state index in [1.165, 1.54) is 17.6 Å². The molecule has 6 nitrogen and oxygen atoms in total. The monoisotopic (exact) mass is 390 g/mol. The van der Waals surface area contributed by atoms with Crippen molar-refractivity contribution in [3.05, 3.63) is 41.5 Å². The largest absolute Gasteiger partial charge is 0.356 e. The molecule has 0 radical (unpaired) electrons. The number of hydrogen-bond acceptors (Lipinski definition) is 5. The number of benzene rings is 1. The molecule has 0 amide bonds. The van der Waals surface area contributed by atoms with E-state index in [9.17, 15) is 4.39 Å². The van der Waals surface area contributed by atoms with Crippen LogP contribution in [0.25, 0.3) is 0 Å². The average Bonchev–Trinajstić information content (AvgIpc) is 3.18. The number of aliphatic imine (C=N–C) groups is 1. The van der Waals surface area contributed by atoms with Crippen LogP contribution in [0.4, 0.5) is 9.52 Å². The van der Waals surface area contributed by atoms with Crippen LogP contribution in [0.5, 0.6) is 0 Å². The van der Waals surface area contributed by atoms with Crippen molar-refractivity contribution < 1.29 is 4.39 Å². The Kier molecular flexibility index (Phi) is 6.98. The van der Waals surface area contributed by atoms with Crippen molar-refractivity contribution >= 4 is 22.6 Å². The summed E-state index contributed by atoms with van der Waals surface area (Å²) in [5.74, 6) is 1.68. The summed E-state index contributed by atoms with van der Waals surface area (Å²) in [7, 11) is 1.82. The van der Waals surface area contributed by atoms with Gasteiger partial charge in [0.1, 0.15) is 11.6 Å². The highest BCUT2D eigenvalue weighted by Gasteiger charge is 2.21.